The number of rotatable bonds is 5. The number of hydrogen-bond donors (Lipinski definition) is 3. The van der Waals surface area contributed by atoms with E-state index in [0.29, 0.717) is 11.5 Å². The monoisotopic (exact) mass is 399 g/mol. The molecule has 1 aromatic carbocycles. The molecule has 0 bridgehead atoms. The molecule has 5 rings (SSSR count). The third-order valence-electron chi connectivity index (χ3n) is 5.56. The van der Waals surface area contributed by atoms with Crippen molar-refractivity contribution in [3.63, 3.8) is 0 Å². The lowest BCUT2D eigenvalue weighted by Gasteiger charge is -2.17. The van der Waals surface area contributed by atoms with Crippen LogP contribution in [0.3, 0.4) is 0 Å². The highest BCUT2D eigenvalue weighted by Gasteiger charge is 2.25. The number of hydrogen-bond acceptors (Lipinski definition) is 6. The number of nitrogen functional groups attached to an aromatic ring is 1. The average Bonchev–Trinajstić information content (AvgIpc) is 3.30. The van der Waals surface area contributed by atoms with Crippen LogP contribution in [0.15, 0.2) is 48.8 Å². The molecule has 1 aliphatic rings. The molecular formula is C23H25N7. The maximum absolute atomic E-state index is 6.05. The van der Waals surface area contributed by atoms with Crippen molar-refractivity contribution < 1.29 is 0 Å². The third kappa shape index (κ3) is 3.59. The van der Waals surface area contributed by atoms with Gasteiger partial charge in [0.25, 0.3) is 0 Å². The van der Waals surface area contributed by atoms with Crippen molar-refractivity contribution in [3.05, 3.63) is 76.9 Å². The van der Waals surface area contributed by atoms with Gasteiger partial charge in [0.1, 0.15) is 11.6 Å². The van der Waals surface area contributed by atoms with Crippen LogP contribution in [0.1, 0.15) is 34.1 Å². The molecule has 7 heteroatoms. The molecule has 0 saturated carbocycles. The van der Waals surface area contributed by atoms with Gasteiger partial charge in [-0.05, 0) is 55.3 Å². The first-order valence-electron chi connectivity index (χ1n) is 10.1. The van der Waals surface area contributed by atoms with Gasteiger partial charge in [0, 0.05) is 36.7 Å². The number of benzene rings is 1. The number of imidazole rings is 1. The topological polar surface area (TPSA) is 95.8 Å². The summed E-state index contributed by atoms with van der Waals surface area (Å²) in [5.74, 6) is 1.35. The van der Waals surface area contributed by atoms with Gasteiger partial charge in [-0.3, -0.25) is 9.88 Å². The Hall–Kier alpha value is -3.45. The molecule has 1 atom stereocenters. The fraction of sp³-hybridized carbons (Fsp3) is 0.261. The van der Waals surface area contributed by atoms with Gasteiger partial charge in [0.15, 0.2) is 5.65 Å². The number of aromatic nitrogens is 4. The van der Waals surface area contributed by atoms with Gasteiger partial charge in [-0.2, -0.15) is 0 Å². The molecule has 0 saturated heterocycles. The van der Waals surface area contributed by atoms with Crippen LogP contribution in [0.4, 0.5) is 11.5 Å². The molecule has 4 aromatic rings. The molecule has 1 aliphatic heterocycles. The SMILES string of the molecule is Cc1nc2nc(N)cc(C3Cc4cc(CN(C)Cc5cccnc5)ccc4N3)c2[nH]1. The average molecular weight is 400 g/mol. The number of nitrogens with two attached hydrogens (primary N) is 1. The van der Waals surface area contributed by atoms with Crippen LogP contribution in [-0.4, -0.2) is 31.9 Å². The summed E-state index contributed by atoms with van der Waals surface area (Å²) in [7, 11) is 2.14. The van der Waals surface area contributed by atoms with E-state index < -0.39 is 0 Å². The lowest BCUT2D eigenvalue weighted by atomic mass is 10.0. The summed E-state index contributed by atoms with van der Waals surface area (Å²) in [5, 5.41) is 3.65. The molecule has 3 aromatic heterocycles. The maximum atomic E-state index is 6.05. The van der Waals surface area contributed by atoms with E-state index in [2.05, 4.69) is 61.5 Å². The molecule has 0 aliphatic carbocycles. The number of pyridine rings is 2. The molecule has 1 unspecified atom stereocenters. The largest absolute Gasteiger partial charge is 0.384 e. The molecule has 152 valence electrons. The Kier molecular flexibility index (Phi) is 4.59. The maximum Gasteiger partial charge on any atom is 0.180 e. The lowest BCUT2D eigenvalue weighted by Crippen LogP contribution is -2.17. The first kappa shape index (κ1) is 18.6. The second-order valence-corrected chi connectivity index (χ2v) is 8.08. The lowest BCUT2D eigenvalue weighted by molar-refractivity contribution is 0.318. The molecule has 0 radical (unpaired) electrons. The summed E-state index contributed by atoms with van der Waals surface area (Å²) in [6.45, 7) is 3.70. The molecule has 4 heterocycles. The predicted molar refractivity (Wildman–Crippen MR) is 119 cm³/mol. The molecule has 0 amide bonds. The Morgan fingerprint density at radius 3 is 2.83 bits per heavy atom. The van der Waals surface area contributed by atoms with E-state index in [0.717, 1.165) is 36.4 Å². The van der Waals surface area contributed by atoms with E-state index in [-0.39, 0.29) is 6.04 Å². The van der Waals surface area contributed by atoms with Crippen LogP contribution in [-0.2, 0) is 19.5 Å². The zero-order valence-electron chi connectivity index (χ0n) is 17.2. The quantitative estimate of drug-likeness (QED) is 0.475. The number of anilines is 2. The van der Waals surface area contributed by atoms with Crippen molar-refractivity contribution in [1.82, 2.24) is 24.8 Å². The van der Waals surface area contributed by atoms with Gasteiger partial charge in [-0.1, -0.05) is 18.2 Å². The zero-order chi connectivity index (χ0) is 20.7. The van der Waals surface area contributed by atoms with Gasteiger partial charge < -0.3 is 16.0 Å². The minimum Gasteiger partial charge on any atom is -0.384 e. The minimum atomic E-state index is 0.149. The van der Waals surface area contributed by atoms with Crippen LogP contribution in [0.2, 0.25) is 0 Å². The van der Waals surface area contributed by atoms with Crippen LogP contribution < -0.4 is 11.1 Å². The minimum absolute atomic E-state index is 0.149. The number of H-pyrrole nitrogens is 1. The molecule has 7 nitrogen and oxygen atoms in total. The van der Waals surface area contributed by atoms with Crippen molar-refractivity contribution in [3.8, 4) is 0 Å². The van der Waals surface area contributed by atoms with Gasteiger partial charge in [-0.15, -0.1) is 0 Å². The zero-order valence-corrected chi connectivity index (χ0v) is 17.2. The van der Waals surface area contributed by atoms with E-state index in [1.807, 2.05) is 31.5 Å². The summed E-state index contributed by atoms with van der Waals surface area (Å²) in [5.41, 5.74) is 13.8. The summed E-state index contributed by atoms with van der Waals surface area (Å²) in [6.07, 6.45) is 4.64. The second-order valence-electron chi connectivity index (χ2n) is 8.08. The summed E-state index contributed by atoms with van der Waals surface area (Å²) >= 11 is 0. The highest BCUT2D eigenvalue weighted by atomic mass is 15.1. The standard InChI is InChI=1S/C23H25N7/c1-14-26-22-18(10-21(24)29-23(22)27-14)20-9-17-8-15(5-6-19(17)28-20)12-30(2)13-16-4-3-7-25-11-16/h3-8,10-11,20,28H,9,12-13H2,1-2H3,(H3,24,26,27,29). The Balaban J connectivity index is 1.34. The first-order chi connectivity index (χ1) is 14.5. The Bertz CT molecular complexity index is 1200. The predicted octanol–water partition coefficient (Wildman–Crippen LogP) is 3.58. The van der Waals surface area contributed by atoms with Crippen LogP contribution in [0.5, 0.6) is 0 Å². The highest BCUT2D eigenvalue weighted by Crippen LogP contribution is 2.37. The van der Waals surface area contributed by atoms with E-state index in [1.165, 1.54) is 22.4 Å². The van der Waals surface area contributed by atoms with Gasteiger partial charge in [0.05, 0.1) is 11.6 Å². The molecule has 30 heavy (non-hydrogen) atoms. The van der Waals surface area contributed by atoms with Crippen molar-refractivity contribution in [2.45, 2.75) is 32.5 Å². The fourth-order valence-electron chi connectivity index (χ4n) is 4.29. The Morgan fingerprint density at radius 1 is 1.13 bits per heavy atom. The van der Waals surface area contributed by atoms with Crippen molar-refractivity contribution in [1.29, 1.82) is 0 Å². The van der Waals surface area contributed by atoms with E-state index >= 15 is 0 Å². The molecule has 0 spiro atoms. The third-order valence-corrected chi connectivity index (χ3v) is 5.56. The van der Waals surface area contributed by atoms with Gasteiger partial charge in [0.2, 0.25) is 0 Å². The normalized spacial score (nSPS) is 15.5. The van der Waals surface area contributed by atoms with Crippen molar-refractivity contribution in [2.24, 2.45) is 0 Å². The number of nitrogens with zero attached hydrogens (tertiary/aromatic N) is 4. The van der Waals surface area contributed by atoms with E-state index in [4.69, 9.17) is 5.73 Å². The highest BCUT2D eigenvalue weighted by molar-refractivity contribution is 5.79. The first-order valence-corrected chi connectivity index (χ1v) is 10.1. The molecular weight excluding hydrogens is 374 g/mol. The second kappa shape index (κ2) is 7.42. The molecule has 4 N–H and O–H groups in total. The summed E-state index contributed by atoms with van der Waals surface area (Å²) < 4.78 is 0. The van der Waals surface area contributed by atoms with Gasteiger partial charge in [-0.25, -0.2) is 9.97 Å². The van der Waals surface area contributed by atoms with Crippen LogP contribution >= 0.6 is 0 Å². The smallest absolute Gasteiger partial charge is 0.180 e. The number of aromatic amines is 1. The summed E-state index contributed by atoms with van der Waals surface area (Å²) in [6, 6.07) is 12.9. The number of fused-ring (bicyclic) bond motifs is 2. The van der Waals surface area contributed by atoms with Gasteiger partial charge >= 0.3 is 0 Å². The van der Waals surface area contributed by atoms with Crippen LogP contribution in [0, 0.1) is 6.92 Å². The molecule has 0 fully saturated rings. The number of aryl methyl sites for hydroxylation is 1. The van der Waals surface area contributed by atoms with Crippen molar-refractivity contribution in [2.75, 3.05) is 18.1 Å². The summed E-state index contributed by atoms with van der Waals surface area (Å²) in [4.78, 5) is 18.7. The van der Waals surface area contributed by atoms with Crippen molar-refractivity contribution >= 4 is 22.7 Å². The van der Waals surface area contributed by atoms with E-state index in [1.54, 1.807) is 0 Å². The fourth-order valence-corrected chi connectivity index (χ4v) is 4.29. The number of nitrogens with one attached hydrogen (secondary N) is 2. The van der Waals surface area contributed by atoms with Crippen LogP contribution in [0.25, 0.3) is 11.2 Å². The Morgan fingerprint density at radius 2 is 2.00 bits per heavy atom. The Labute approximate surface area is 175 Å². The van der Waals surface area contributed by atoms with E-state index in [9.17, 15) is 0 Å².